The van der Waals surface area contributed by atoms with E-state index in [1.807, 2.05) is 0 Å². The lowest BCUT2D eigenvalue weighted by atomic mass is 10.3. The first-order valence-corrected chi connectivity index (χ1v) is 3.77. The normalized spacial score (nSPS) is 41.7. The second-order valence-corrected chi connectivity index (χ2v) is 3.64. The predicted molar refractivity (Wildman–Crippen MR) is 40.4 cm³/mol. The van der Waals surface area contributed by atoms with Crippen molar-refractivity contribution in [1.29, 1.82) is 0 Å². The highest BCUT2D eigenvalue weighted by Crippen LogP contribution is 2.45. The van der Waals surface area contributed by atoms with Crippen LogP contribution in [-0.2, 0) is 0 Å². The summed E-state index contributed by atoms with van der Waals surface area (Å²) in [5, 5.41) is 0. The molecular weight excluding hydrogens is 110 g/mol. The van der Waals surface area contributed by atoms with Crippen molar-refractivity contribution in [2.75, 3.05) is 20.6 Å². The fraction of sp³-hybridized carbons (Fsp3) is 1.00. The smallest absolute Gasteiger partial charge is 0.000886 e. The van der Waals surface area contributed by atoms with Gasteiger partial charge in [0.25, 0.3) is 0 Å². The van der Waals surface area contributed by atoms with Crippen LogP contribution in [0.25, 0.3) is 0 Å². The third kappa shape index (κ3) is 1.45. The van der Waals surface area contributed by atoms with Gasteiger partial charge in [0, 0.05) is 6.54 Å². The Morgan fingerprint density at radius 2 is 1.56 bits per heavy atom. The minimum absolute atomic E-state index is 0.979. The fourth-order valence-electron chi connectivity index (χ4n) is 1.52. The quantitative estimate of drug-likeness (QED) is 0.542. The second-order valence-electron chi connectivity index (χ2n) is 3.64. The van der Waals surface area contributed by atoms with Crippen LogP contribution in [0.2, 0.25) is 0 Å². The number of hydrogen-bond donors (Lipinski definition) is 0. The molecule has 0 heterocycles. The molecule has 0 saturated heterocycles. The summed E-state index contributed by atoms with van der Waals surface area (Å²) in [5.74, 6) is 2.94. The van der Waals surface area contributed by atoms with Crippen LogP contribution in [-0.4, -0.2) is 25.5 Å². The first-order valence-electron chi connectivity index (χ1n) is 3.77. The number of rotatable bonds is 2. The van der Waals surface area contributed by atoms with Gasteiger partial charge in [-0.15, -0.1) is 0 Å². The van der Waals surface area contributed by atoms with Crippen molar-refractivity contribution in [3.8, 4) is 0 Å². The van der Waals surface area contributed by atoms with Gasteiger partial charge in [-0.1, -0.05) is 13.8 Å². The maximum Gasteiger partial charge on any atom is 0.000886 e. The second kappa shape index (κ2) is 2.30. The van der Waals surface area contributed by atoms with Gasteiger partial charge in [-0.3, -0.25) is 0 Å². The molecule has 1 nitrogen and oxygen atoms in total. The lowest BCUT2D eigenvalue weighted by Crippen LogP contribution is -2.15. The zero-order chi connectivity index (χ0) is 7.02. The first-order chi connectivity index (χ1) is 4.13. The summed E-state index contributed by atoms with van der Waals surface area (Å²) in [7, 11) is 4.30. The molecule has 0 aromatic carbocycles. The van der Waals surface area contributed by atoms with E-state index in [9.17, 15) is 0 Å². The summed E-state index contributed by atoms with van der Waals surface area (Å²) in [6, 6.07) is 0. The lowest BCUT2D eigenvalue weighted by molar-refractivity contribution is 0.375. The molecule has 1 rings (SSSR count). The molecule has 0 amide bonds. The van der Waals surface area contributed by atoms with Gasteiger partial charge in [0.15, 0.2) is 0 Å². The molecule has 1 aliphatic carbocycles. The first kappa shape index (κ1) is 7.07. The van der Waals surface area contributed by atoms with Gasteiger partial charge in [0.1, 0.15) is 0 Å². The van der Waals surface area contributed by atoms with Crippen LogP contribution < -0.4 is 0 Å². The highest BCUT2D eigenvalue weighted by Gasteiger charge is 2.42. The van der Waals surface area contributed by atoms with E-state index in [1.165, 1.54) is 6.54 Å². The third-order valence-corrected chi connectivity index (χ3v) is 2.62. The molecule has 0 aliphatic heterocycles. The SMILES string of the molecule is CC1C(C)C1CN(C)C. The Kier molecular flexibility index (Phi) is 1.80. The molecule has 0 spiro atoms. The van der Waals surface area contributed by atoms with E-state index >= 15 is 0 Å². The maximum absolute atomic E-state index is 2.35. The number of hydrogen-bond acceptors (Lipinski definition) is 1. The van der Waals surface area contributed by atoms with E-state index in [4.69, 9.17) is 0 Å². The molecule has 1 heteroatoms. The molecule has 9 heavy (non-hydrogen) atoms. The fourth-order valence-corrected chi connectivity index (χ4v) is 1.52. The van der Waals surface area contributed by atoms with Crippen molar-refractivity contribution >= 4 is 0 Å². The maximum atomic E-state index is 2.35. The Bertz CT molecular complexity index is 90.7. The van der Waals surface area contributed by atoms with Crippen LogP contribution in [0.15, 0.2) is 0 Å². The van der Waals surface area contributed by atoms with Gasteiger partial charge in [-0.05, 0) is 31.8 Å². The molecule has 54 valence electrons. The van der Waals surface area contributed by atoms with Gasteiger partial charge < -0.3 is 4.90 Å². The van der Waals surface area contributed by atoms with Crippen molar-refractivity contribution in [1.82, 2.24) is 4.90 Å². The molecule has 2 atom stereocenters. The minimum atomic E-state index is 0.979. The van der Waals surface area contributed by atoms with Crippen molar-refractivity contribution < 1.29 is 0 Å². The van der Waals surface area contributed by atoms with Crippen LogP contribution in [0.3, 0.4) is 0 Å². The standard InChI is InChI=1S/C8H17N/c1-6-7(2)8(6)5-9(3)4/h6-8H,5H2,1-4H3. The molecule has 0 bridgehead atoms. The molecule has 0 aromatic rings. The zero-order valence-corrected chi connectivity index (χ0v) is 6.89. The van der Waals surface area contributed by atoms with Crippen molar-refractivity contribution in [3.63, 3.8) is 0 Å². The average Bonchev–Trinajstić information content (AvgIpc) is 2.22. The van der Waals surface area contributed by atoms with E-state index < -0.39 is 0 Å². The van der Waals surface area contributed by atoms with Crippen molar-refractivity contribution in [2.45, 2.75) is 13.8 Å². The van der Waals surface area contributed by atoms with Crippen LogP contribution >= 0.6 is 0 Å². The van der Waals surface area contributed by atoms with Crippen LogP contribution in [0.4, 0.5) is 0 Å². The Balaban J connectivity index is 2.18. The molecule has 0 radical (unpaired) electrons. The van der Waals surface area contributed by atoms with Crippen LogP contribution in [0.5, 0.6) is 0 Å². The van der Waals surface area contributed by atoms with E-state index in [0.717, 1.165) is 17.8 Å². The third-order valence-electron chi connectivity index (χ3n) is 2.62. The van der Waals surface area contributed by atoms with Gasteiger partial charge in [-0.2, -0.15) is 0 Å². The molecule has 2 unspecified atom stereocenters. The average molecular weight is 127 g/mol. The summed E-state index contributed by atoms with van der Waals surface area (Å²) in [6.45, 7) is 5.97. The summed E-state index contributed by atoms with van der Waals surface area (Å²) in [5.41, 5.74) is 0. The Morgan fingerprint density at radius 1 is 1.11 bits per heavy atom. The van der Waals surface area contributed by atoms with Crippen molar-refractivity contribution in [2.24, 2.45) is 17.8 Å². The van der Waals surface area contributed by atoms with Crippen LogP contribution in [0.1, 0.15) is 13.8 Å². The molecule has 0 aromatic heterocycles. The Labute approximate surface area is 58.0 Å². The predicted octanol–water partition coefficient (Wildman–Crippen LogP) is 1.45. The van der Waals surface area contributed by atoms with Crippen LogP contribution in [0, 0.1) is 17.8 Å². The zero-order valence-electron chi connectivity index (χ0n) is 6.89. The topological polar surface area (TPSA) is 3.24 Å². The monoisotopic (exact) mass is 127 g/mol. The summed E-state index contributed by atoms with van der Waals surface area (Å²) in [4.78, 5) is 2.28. The van der Waals surface area contributed by atoms with Gasteiger partial charge >= 0.3 is 0 Å². The molecule has 1 fully saturated rings. The Morgan fingerprint density at radius 3 is 1.67 bits per heavy atom. The van der Waals surface area contributed by atoms with E-state index in [1.54, 1.807) is 0 Å². The van der Waals surface area contributed by atoms with E-state index in [-0.39, 0.29) is 0 Å². The van der Waals surface area contributed by atoms with Gasteiger partial charge in [0.2, 0.25) is 0 Å². The van der Waals surface area contributed by atoms with Gasteiger partial charge in [0.05, 0.1) is 0 Å². The highest BCUT2D eigenvalue weighted by atomic mass is 15.1. The summed E-state index contributed by atoms with van der Waals surface area (Å²) < 4.78 is 0. The lowest BCUT2D eigenvalue weighted by Gasteiger charge is -2.07. The molecule has 0 N–H and O–H groups in total. The van der Waals surface area contributed by atoms with Gasteiger partial charge in [-0.25, -0.2) is 0 Å². The van der Waals surface area contributed by atoms with Crippen molar-refractivity contribution in [3.05, 3.63) is 0 Å². The highest BCUT2D eigenvalue weighted by molar-refractivity contribution is 4.91. The minimum Gasteiger partial charge on any atom is -0.309 e. The summed E-state index contributed by atoms with van der Waals surface area (Å²) >= 11 is 0. The molecular formula is C8H17N. The Hall–Kier alpha value is -0.0400. The van der Waals surface area contributed by atoms with E-state index in [2.05, 4.69) is 32.8 Å². The molecule has 1 saturated carbocycles. The number of nitrogens with zero attached hydrogens (tertiary/aromatic N) is 1. The van der Waals surface area contributed by atoms with E-state index in [0.29, 0.717) is 0 Å². The largest absolute Gasteiger partial charge is 0.309 e. The molecule has 1 aliphatic rings. The summed E-state index contributed by atoms with van der Waals surface area (Å²) in [6.07, 6.45) is 0.